The Kier molecular flexibility index (Phi) is 11.3. The first-order valence-corrected chi connectivity index (χ1v) is 13.9. The van der Waals surface area contributed by atoms with E-state index in [1.54, 1.807) is 24.3 Å². The molecule has 0 aromatic heterocycles. The predicted octanol–water partition coefficient (Wildman–Crippen LogP) is 4.51. The lowest BCUT2D eigenvalue weighted by Gasteiger charge is -2.40. The van der Waals surface area contributed by atoms with E-state index < -0.39 is 43.1 Å². The lowest BCUT2D eigenvalue weighted by Crippen LogP contribution is -2.58. The van der Waals surface area contributed by atoms with Crippen LogP contribution in [0, 0.1) is 5.41 Å². The average Bonchev–Trinajstić information content (AvgIpc) is 2.90. The van der Waals surface area contributed by atoms with E-state index in [0.717, 1.165) is 23.1 Å². The second-order valence-electron chi connectivity index (χ2n) is 11.6. The van der Waals surface area contributed by atoms with Gasteiger partial charge < -0.3 is 29.9 Å². The van der Waals surface area contributed by atoms with Gasteiger partial charge in [-0.25, -0.2) is 4.79 Å². The Hall–Kier alpha value is -2.81. The van der Waals surface area contributed by atoms with E-state index in [1.165, 1.54) is 30.1 Å². The summed E-state index contributed by atoms with van der Waals surface area (Å²) in [4.78, 5) is 12.4. The molecule has 0 radical (unpaired) electrons. The smallest absolute Gasteiger partial charge is 0.336 e. The topological polar surface area (TPSA) is 116 Å². The molecule has 1 aliphatic heterocycles. The number of hydrogen-bond acceptors (Lipinski definition) is 7. The van der Waals surface area contributed by atoms with Gasteiger partial charge in [0.15, 0.2) is 0 Å². The van der Waals surface area contributed by atoms with Crippen molar-refractivity contribution in [2.75, 3.05) is 6.61 Å². The van der Waals surface area contributed by atoms with Crippen molar-refractivity contribution < 1.29 is 34.7 Å². The summed E-state index contributed by atoms with van der Waals surface area (Å²) in [6, 6.07) is 6.74. The van der Waals surface area contributed by atoms with Gasteiger partial charge >= 0.3 is 5.97 Å². The summed E-state index contributed by atoms with van der Waals surface area (Å²) >= 11 is 0. The molecule has 1 aliphatic carbocycles. The fourth-order valence-electron chi connectivity index (χ4n) is 5.28. The van der Waals surface area contributed by atoms with Gasteiger partial charge in [0.05, 0.1) is 12.7 Å². The zero-order valence-electron chi connectivity index (χ0n) is 24.2. The van der Waals surface area contributed by atoms with Gasteiger partial charge in [0.2, 0.25) is 0 Å². The maximum absolute atomic E-state index is 12.4. The van der Waals surface area contributed by atoms with Gasteiger partial charge in [0.1, 0.15) is 30.2 Å². The minimum absolute atomic E-state index is 0.209. The Labute approximate surface area is 237 Å². The van der Waals surface area contributed by atoms with Crippen molar-refractivity contribution in [1.82, 2.24) is 0 Å². The van der Waals surface area contributed by atoms with Crippen LogP contribution in [-0.4, -0.2) is 63.5 Å². The molecule has 1 saturated heterocycles. The minimum Gasteiger partial charge on any atom is -0.423 e. The van der Waals surface area contributed by atoms with Crippen LogP contribution in [0.4, 0.5) is 0 Å². The Morgan fingerprint density at radius 1 is 1.02 bits per heavy atom. The molecule has 0 bridgehead atoms. The van der Waals surface area contributed by atoms with E-state index in [-0.39, 0.29) is 11.8 Å². The van der Waals surface area contributed by atoms with Gasteiger partial charge in [-0.15, -0.1) is 0 Å². The number of benzene rings is 1. The van der Waals surface area contributed by atoms with E-state index in [1.807, 2.05) is 26.0 Å². The van der Waals surface area contributed by atoms with Crippen LogP contribution in [-0.2, 0) is 16.0 Å². The molecule has 0 amide bonds. The second kappa shape index (κ2) is 14.2. The molecular weight excluding hydrogens is 508 g/mol. The first-order valence-electron chi connectivity index (χ1n) is 13.9. The van der Waals surface area contributed by atoms with Crippen LogP contribution in [0.3, 0.4) is 0 Å². The number of allylic oxidation sites excluding steroid dienone is 9. The summed E-state index contributed by atoms with van der Waals surface area (Å²) in [5, 5.41) is 39.5. The second-order valence-corrected chi connectivity index (χ2v) is 11.6. The van der Waals surface area contributed by atoms with Gasteiger partial charge in [-0.2, -0.15) is 0 Å². The van der Waals surface area contributed by atoms with E-state index in [0.29, 0.717) is 5.75 Å². The summed E-state index contributed by atoms with van der Waals surface area (Å²) in [6.45, 7) is 10.2. The first-order chi connectivity index (χ1) is 18.9. The van der Waals surface area contributed by atoms with Crippen molar-refractivity contribution in [3.05, 3.63) is 88.6 Å². The number of hydrogen-bond donors (Lipinski definition) is 4. The molecule has 1 heterocycles. The van der Waals surface area contributed by atoms with Crippen LogP contribution in [0.1, 0.15) is 59.4 Å². The molecule has 0 unspecified atom stereocenters. The molecule has 0 spiro atoms. The molecule has 40 heavy (non-hydrogen) atoms. The van der Waals surface area contributed by atoms with Gasteiger partial charge in [-0.3, -0.25) is 0 Å². The molecule has 1 aromatic rings. The summed E-state index contributed by atoms with van der Waals surface area (Å²) in [5.74, 6) is -0.126. The van der Waals surface area contributed by atoms with Crippen LogP contribution in [0.25, 0.3) is 0 Å². The third-order valence-electron chi connectivity index (χ3n) is 7.69. The maximum Gasteiger partial charge on any atom is 0.336 e. The molecule has 1 fully saturated rings. The van der Waals surface area contributed by atoms with Gasteiger partial charge in [0, 0.05) is 12.5 Å². The summed E-state index contributed by atoms with van der Waals surface area (Å²) in [7, 11) is 0. The summed E-state index contributed by atoms with van der Waals surface area (Å²) < 4.78 is 11.0. The van der Waals surface area contributed by atoms with Crippen molar-refractivity contribution in [2.24, 2.45) is 5.41 Å². The molecule has 4 N–H and O–H groups in total. The minimum atomic E-state index is -1.41. The SMILES string of the molecule is CC1=C(/C=C/C=C(C)/C=C/C(C)=C/C(=O)Oc2ccc(C[C@@H]3O[C@H](CO)[C@@H](O)[C@H](O)[C@H]3O)cc2)C(C)(C)CCC1. The Bertz CT molecular complexity index is 1170. The molecule has 7 heteroatoms. The molecule has 0 saturated carbocycles. The van der Waals surface area contributed by atoms with Crippen molar-refractivity contribution in [3.63, 3.8) is 0 Å². The van der Waals surface area contributed by atoms with E-state index in [9.17, 15) is 25.2 Å². The molecule has 2 aliphatic rings. The first kappa shape index (κ1) is 31.7. The summed E-state index contributed by atoms with van der Waals surface area (Å²) in [5.41, 5.74) is 5.70. The van der Waals surface area contributed by atoms with Crippen LogP contribution in [0.5, 0.6) is 5.75 Å². The monoisotopic (exact) mass is 552 g/mol. The highest BCUT2D eigenvalue weighted by Gasteiger charge is 2.43. The van der Waals surface area contributed by atoms with Crippen molar-refractivity contribution in [1.29, 1.82) is 0 Å². The standard InChI is InChI=1S/C33H44O7/c1-21(8-6-10-26-23(3)9-7-17-33(26,4)5)11-12-22(2)18-29(35)39-25-15-13-24(14-16-25)19-27-30(36)32(38)31(37)28(20-34)40-27/h6,8,10-16,18,27-28,30-32,34,36-38H,7,9,17,19-20H2,1-5H3/b10-6+,12-11+,21-8+,22-18+/t27-,28+,30-,31+,32+/m0/s1. The van der Waals surface area contributed by atoms with Crippen molar-refractivity contribution in [2.45, 2.75) is 90.8 Å². The highest BCUT2D eigenvalue weighted by atomic mass is 16.5. The van der Waals surface area contributed by atoms with Gasteiger partial charge in [-0.05, 0) is 74.3 Å². The number of carbonyl (C=O) groups excluding carboxylic acids is 1. The maximum atomic E-state index is 12.4. The van der Waals surface area contributed by atoms with Crippen molar-refractivity contribution >= 4 is 5.97 Å². The van der Waals surface area contributed by atoms with Crippen molar-refractivity contribution in [3.8, 4) is 5.75 Å². The van der Waals surface area contributed by atoms with Gasteiger partial charge in [0.25, 0.3) is 0 Å². The number of esters is 1. The Balaban J connectivity index is 1.53. The number of aliphatic hydroxyl groups is 4. The molecule has 3 rings (SSSR count). The van der Waals surface area contributed by atoms with E-state index >= 15 is 0 Å². The summed E-state index contributed by atoms with van der Waals surface area (Å²) in [6.07, 6.45) is 9.69. The van der Waals surface area contributed by atoms with Crippen LogP contribution >= 0.6 is 0 Å². The highest BCUT2D eigenvalue weighted by Crippen LogP contribution is 2.40. The fourth-order valence-corrected chi connectivity index (χ4v) is 5.28. The molecule has 7 nitrogen and oxygen atoms in total. The number of ether oxygens (including phenoxy) is 2. The van der Waals surface area contributed by atoms with Crippen LogP contribution in [0.2, 0.25) is 0 Å². The zero-order chi connectivity index (χ0) is 29.4. The highest BCUT2D eigenvalue weighted by molar-refractivity contribution is 5.85. The molecule has 5 atom stereocenters. The molecular formula is C33H44O7. The van der Waals surface area contributed by atoms with Gasteiger partial charge in [-0.1, -0.05) is 67.5 Å². The Morgan fingerprint density at radius 3 is 2.33 bits per heavy atom. The number of rotatable bonds is 9. The fraction of sp³-hybridized carbons (Fsp3) is 0.485. The molecule has 1 aromatic carbocycles. The third kappa shape index (κ3) is 8.59. The Morgan fingerprint density at radius 2 is 1.68 bits per heavy atom. The van der Waals surface area contributed by atoms with E-state index in [4.69, 9.17) is 9.47 Å². The van der Waals surface area contributed by atoms with Crippen LogP contribution < -0.4 is 4.74 Å². The zero-order valence-corrected chi connectivity index (χ0v) is 24.2. The van der Waals surface area contributed by atoms with Crippen LogP contribution in [0.15, 0.2) is 83.0 Å². The normalized spacial score (nSPS) is 28.0. The number of carbonyl (C=O) groups is 1. The molecule has 218 valence electrons. The largest absolute Gasteiger partial charge is 0.423 e. The predicted molar refractivity (Wildman–Crippen MR) is 156 cm³/mol. The quantitative estimate of drug-likeness (QED) is 0.154. The lowest BCUT2D eigenvalue weighted by molar-refractivity contribution is -0.228. The third-order valence-corrected chi connectivity index (χ3v) is 7.69. The lowest BCUT2D eigenvalue weighted by atomic mass is 9.72. The number of aliphatic hydroxyl groups excluding tert-OH is 4. The average molecular weight is 553 g/mol. The van der Waals surface area contributed by atoms with E-state index in [2.05, 4.69) is 39.0 Å².